The summed E-state index contributed by atoms with van der Waals surface area (Å²) in [6, 6.07) is 0. The number of hydrogen-bond donors (Lipinski definition) is 0. The smallest absolute Gasteiger partial charge is 0.133 e. The third kappa shape index (κ3) is 7.55. The van der Waals surface area contributed by atoms with Crippen molar-refractivity contribution >= 4 is 5.78 Å². The molecule has 0 heterocycles. The normalized spacial score (nSPS) is 12.1. The molecule has 0 saturated heterocycles. The van der Waals surface area contributed by atoms with Gasteiger partial charge in [-0.05, 0) is 12.3 Å². The van der Waals surface area contributed by atoms with Gasteiger partial charge in [-0.15, -0.1) is 12.3 Å². The van der Waals surface area contributed by atoms with Crippen molar-refractivity contribution in [1.29, 1.82) is 0 Å². The Morgan fingerprint density at radius 1 is 1.62 bits per heavy atom. The first-order chi connectivity index (χ1) is 6.20. The van der Waals surface area contributed by atoms with E-state index in [1.54, 1.807) is 7.11 Å². The number of Topliss-reactive ketones (excluding diaryl/α,β-unsaturated/α-hetero) is 1. The fourth-order valence-electron chi connectivity index (χ4n) is 1.22. The third-order valence-electron chi connectivity index (χ3n) is 1.80. The first kappa shape index (κ1) is 12.2. The minimum atomic E-state index is 0.291. The minimum absolute atomic E-state index is 0.291. The van der Waals surface area contributed by atoms with Crippen LogP contribution in [0.1, 0.15) is 32.6 Å². The molecule has 0 aliphatic carbocycles. The Labute approximate surface area is 80.7 Å². The lowest BCUT2D eigenvalue weighted by molar-refractivity contribution is -0.120. The Morgan fingerprint density at radius 3 is 2.85 bits per heavy atom. The number of ether oxygens (including phenoxy) is 1. The zero-order valence-electron chi connectivity index (χ0n) is 8.51. The van der Waals surface area contributed by atoms with Crippen LogP contribution in [0.5, 0.6) is 0 Å². The molecule has 74 valence electrons. The molecule has 0 aromatic carbocycles. The second kappa shape index (κ2) is 7.82. The van der Waals surface area contributed by atoms with E-state index in [-0.39, 0.29) is 0 Å². The van der Waals surface area contributed by atoms with Gasteiger partial charge in [0.05, 0.1) is 0 Å². The first-order valence-electron chi connectivity index (χ1n) is 4.64. The van der Waals surface area contributed by atoms with Crippen molar-refractivity contribution in [2.45, 2.75) is 32.6 Å². The lowest BCUT2D eigenvalue weighted by Crippen LogP contribution is -2.10. The number of rotatable bonds is 7. The Balaban J connectivity index is 3.45. The van der Waals surface area contributed by atoms with Crippen LogP contribution in [0.3, 0.4) is 0 Å². The first-order valence-corrected chi connectivity index (χ1v) is 4.64. The van der Waals surface area contributed by atoms with Gasteiger partial charge in [0.25, 0.3) is 0 Å². The van der Waals surface area contributed by atoms with Gasteiger partial charge in [0.15, 0.2) is 0 Å². The number of hydrogen-bond acceptors (Lipinski definition) is 2. The minimum Gasteiger partial charge on any atom is -0.384 e. The second-order valence-electron chi connectivity index (χ2n) is 3.36. The number of ketones is 1. The SMILES string of the molecule is C#CCCCC(=O)CC(C)COC. The molecule has 13 heavy (non-hydrogen) atoms. The average molecular weight is 182 g/mol. The van der Waals surface area contributed by atoms with Crippen LogP contribution >= 0.6 is 0 Å². The summed E-state index contributed by atoms with van der Waals surface area (Å²) in [6.45, 7) is 2.67. The molecule has 0 spiro atoms. The molecule has 0 aliphatic heterocycles. The number of carbonyl (C=O) groups excluding carboxylic acids is 1. The summed E-state index contributed by atoms with van der Waals surface area (Å²) in [5.41, 5.74) is 0. The van der Waals surface area contributed by atoms with Crippen molar-refractivity contribution in [3.05, 3.63) is 0 Å². The van der Waals surface area contributed by atoms with Crippen LogP contribution in [0.4, 0.5) is 0 Å². The zero-order valence-corrected chi connectivity index (χ0v) is 8.51. The van der Waals surface area contributed by atoms with Crippen LogP contribution in [0.2, 0.25) is 0 Å². The van der Waals surface area contributed by atoms with Crippen molar-refractivity contribution in [3.8, 4) is 12.3 Å². The molecular weight excluding hydrogens is 164 g/mol. The van der Waals surface area contributed by atoms with Gasteiger partial charge in [-0.1, -0.05) is 6.92 Å². The number of carbonyl (C=O) groups is 1. The average Bonchev–Trinajstić information content (AvgIpc) is 2.05. The largest absolute Gasteiger partial charge is 0.384 e. The van der Waals surface area contributed by atoms with E-state index in [0.717, 1.165) is 6.42 Å². The molecule has 2 nitrogen and oxygen atoms in total. The molecule has 0 aliphatic rings. The predicted molar refractivity (Wildman–Crippen MR) is 53.3 cm³/mol. The van der Waals surface area contributed by atoms with E-state index in [0.29, 0.717) is 37.6 Å². The van der Waals surface area contributed by atoms with E-state index in [2.05, 4.69) is 5.92 Å². The van der Waals surface area contributed by atoms with Crippen LogP contribution in [-0.2, 0) is 9.53 Å². The second-order valence-corrected chi connectivity index (χ2v) is 3.36. The Hall–Kier alpha value is -0.810. The maximum Gasteiger partial charge on any atom is 0.133 e. The monoisotopic (exact) mass is 182 g/mol. The van der Waals surface area contributed by atoms with Gasteiger partial charge in [-0.2, -0.15) is 0 Å². The molecule has 0 saturated carbocycles. The summed E-state index contributed by atoms with van der Waals surface area (Å²) in [5.74, 6) is 3.14. The van der Waals surface area contributed by atoms with Gasteiger partial charge < -0.3 is 4.74 Å². The molecule has 0 fully saturated rings. The maximum absolute atomic E-state index is 11.3. The van der Waals surface area contributed by atoms with Crippen LogP contribution in [0.15, 0.2) is 0 Å². The quantitative estimate of drug-likeness (QED) is 0.445. The molecule has 0 amide bonds. The molecule has 1 unspecified atom stereocenters. The third-order valence-corrected chi connectivity index (χ3v) is 1.80. The Morgan fingerprint density at radius 2 is 2.31 bits per heavy atom. The summed E-state index contributed by atoms with van der Waals surface area (Å²) in [6.07, 6.45) is 7.81. The standard InChI is InChI=1S/C11H18O2/c1-4-5-6-7-11(12)8-10(2)9-13-3/h1,10H,5-9H2,2-3H3. The zero-order chi connectivity index (χ0) is 10.1. The van der Waals surface area contributed by atoms with Crippen molar-refractivity contribution in [2.75, 3.05) is 13.7 Å². The highest BCUT2D eigenvalue weighted by atomic mass is 16.5. The number of terminal acetylenes is 1. The van der Waals surface area contributed by atoms with Crippen LogP contribution in [0.25, 0.3) is 0 Å². The van der Waals surface area contributed by atoms with E-state index in [9.17, 15) is 4.79 Å². The highest BCUT2D eigenvalue weighted by Gasteiger charge is 2.07. The summed E-state index contributed by atoms with van der Waals surface area (Å²) in [7, 11) is 1.65. The van der Waals surface area contributed by atoms with Crippen LogP contribution in [-0.4, -0.2) is 19.5 Å². The molecule has 0 rings (SSSR count). The highest BCUT2D eigenvalue weighted by molar-refractivity contribution is 5.78. The van der Waals surface area contributed by atoms with Crippen molar-refractivity contribution in [2.24, 2.45) is 5.92 Å². The summed E-state index contributed by atoms with van der Waals surface area (Å²) < 4.78 is 4.95. The summed E-state index contributed by atoms with van der Waals surface area (Å²) in [5, 5.41) is 0. The fourth-order valence-corrected chi connectivity index (χ4v) is 1.22. The van der Waals surface area contributed by atoms with Gasteiger partial charge in [-0.25, -0.2) is 0 Å². The number of unbranched alkanes of at least 4 members (excludes halogenated alkanes) is 1. The molecule has 0 aromatic rings. The van der Waals surface area contributed by atoms with E-state index < -0.39 is 0 Å². The van der Waals surface area contributed by atoms with Gasteiger partial charge in [-0.3, -0.25) is 4.79 Å². The predicted octanol–water partition coefficient (Wildman–Crippen LogP) is 2.03. The highest BCUT2D eigenvalue weighted by Crippen LogP contribution is 2.07. The number of methoxy groups -OCH3 is 1. The van der Waals surface area contributed by atoms with Gasteiger partial charge in [0.1, 0.15) is 5.78 Å². The summed E-state index contributed by atoms with van der Waals surface area (Å²) >= 11 is 0. The van der Waals surface area contributed by atoms with Gasteiger partial charge in [0, 0.05) is 33.0 Å². The molecule has 2 heteroatoms. The lowest BCUT2D eigenvalue weighted by Gasteiger charge is -2.08. The van der Waals surface area contributed by atoms with Gasteiger partial charge >= 0.3 is 0 Å². The van der Waals surface area contributed by atoms with E-state index >= 15 is 0 Å². The molecule has 0 aromatic heterocycles. The molecule has 1 atom stereocenters. The van der Waals surface area contributed by atoms with Crippen molar-refractivity contribution < 1.29 is 9.53 Å². The lowest BCUT2D eigenvalue weighted by atomic mass is 10.0. The molecule has 0 N–H and O–H groups in total. The topological polar surface area (TPSA) is 26.3 Å². The van der Waals surface area contributed by atoms with Crippen molar-refractivity contribution in [3.63, 3.8) is 0 Å². The molecule has 0 radical (unpaired) electrons. The van der Waals surface area contributed by atoms with E-state index in [1.807, 2.05) is 6.92 Å². The van der Waals surface area contributed by atoms with Crippen LogP contribution < -0.4 is 0 Å². The Kier molecular flexibility index (Phi) is 7.33. The summed E-state index contributed by atoms with van der Waals surface area (Å²) in [4.78, 5) is 11.3. The molecule has 0 bridgehead atoms. The fraction of sp³-hybridized carbons (Fsp3) is 0.727. The molecular formula is C11H18O2. The van der Waals surface area contributed by atoms with E-state index in [1.165, 1.54) is 0 Å². The maximum atomic E-state index is 11.3. The van der Waals surface area contributed by atoms with Gasteiger partial charge in [0.2, 0.25) is 0 Å². The van der Waals surface area contributed by atoms with Crippen LogP contribution in [0, 0.1) is 18.3 Å². The van der Waals surface area contributed by atoms with E-state index in [4.69, 9.17) is 11.2 Å². The Bertz CT molecular complexity index is 179. The van der Waals surface area contributed by atoms with Crippen molar-refractivity contribution in [1.82, 2.24) is 0 Å².